The summed E-state index contributed by atoms with van der Waals surface area (Å²) in [7, 11) is 0. The van der Waals surface area contributed by atoms with Crippen LogP contribution in [0.4, 0.5) is 5.95 Å². The second kappa shape index (κ2) is 6.91. The number of nitrogens with two attached hydrogens (primary N) is 1. The van der Waals surface area contributed by atoms with Crippen LogP contribution in [-0.2, 0) is 0 Å². The van der Waals surface area contributed by atoms with Crippen molar-refractivity contribution < 1.29 is 4.74 Å². The van der Waals surface area contributed by atoms with Gasteiger partial charge >= 0.3 is 6.01 Å². The fourth-order valence-electron chi connectivity index (χ4n) is 2.28. The molecule has 0 radical (unpaired) electrons. The predicted octanol–water partition coefficient (Wildman–Crippen LogP) is 2.23. The number of rotatable bonds is 5. The van der Waals surface area contributed by atoms with E-state index in [1.807, 2.05) is 6.92 Å². The standard InChI is InChI=1S/C12H21N5OS/c1-3-18-11-14-10(17-13)15-12(16-11)19-9-6-4-5-8(2)7-9/h8-9H,3-7,13H2,1-2H3,(H,14,15,16,17). The molecule has 1 aliphatic carbocycles. The highest BCUT2D eigenvalue weighted by molar-refractivity contribution is 7.99. The van der Waals surface area contributed by atoms with Gasteiger partial charge < -0.3 is 4.74 Å². The van der Waals surface area contributed by atoms with E-state index in [1.165, 1.54) is 25.7 Å². The van der Waals surface area contributed by atoms with E-state index in [0.717, 1.165) is 5.92 Å². The second-order valence-electron chi connectivity index (χ2n) is 4.81. The normalized spacial score (nSPS) is 23.1. The van der Waals surface area contributed by atoms with E-state index in [2.05, 4.69) is 27.3 Å². The van der Waals surface area contributed by atoms with Gasteiger partial charge in [0.25, 0.3) is 0 Å². The van der Waals surface area contributed by atoms with Crippen molar-refractivity contribution in [3.63, 3.8) is 0 Å². The van der Waals surface area contributed by atoms with Gasteiger partial charge in [0, 0.05) is 5.25 Å². The highest BCUT2D eigenvalue weighted by Crippen LogP contribution is 2.35. The SMILES string of the molecule is CCOc1nc(NN)nc(SC2CCCC(C)C2)n1. The highest BCUT2D eigenvalue weighted by atomic mass is 32.2. The summed E-state index contributed by atoms with van der Waals surface area (Å²) in [4.78, 5) is 12.6. The Morgan fingerprint density at radius 1 is 1.37 bits per heavy atom. The summed E-state index contributed by atoms with van der Waals surface area (Å²) in [6, 6.07) is 0.330. The number of hydrogen-bond donors (Lipinski definition) is 2. The van der Waals surface area contributed by atoms with Crippen LogP contribution < -0.4 is 16.0 Å². The molecule has 0 amide bonds. The maximum absolute atomic E-state index is 5.37. The smallest absolute Gasteiger partial charge is 0.322 e. The number of nitrogens with one attached hydrogen (secondary N) is 1. The van der Waals surface area contributed by atoms with Crippen molar-refractivity contribution in [3.05, 3.63) is 0 Å². The lowest BCUT2D eigenvalue weighted by Crippen LogP contribution is -2.17. The van der Waals surface area contributed by atoms with Crippen LogP contribution in [0.3, 0.4) is 0 Å². The molecule has 6 nitrogen and oxygen atoms in total. The molecule has 0 aromatic carbocycles. The lowest BCUT2D eigenvalue weighted by Gasteiger charge is -2.25. The van der Waals surface area contributed by atoms with Crippen LogP contribution in [0.2, 0.25) is 0 Å². The minimum atomic E-state index is 0.330. The topological polar surface area (TPSA) is 86.0 Å². The Kier molecular flexibility index (Phi) is 5.21. The summed E-state index contributed by atoms with van der Waals surface area (Å²) < 4.78 is 5.33. The Labute approximate surface area is 117 Å². The van der Waals surface area contributed by atoms with Crippen LogP contribution in [0.15, 0.2) is 5.16 Å². The first kappa shape index (κ1) is 14.3. The molecule has 1 saturated carbocycles. The molecule has 2 unspecified atom stereocenters. The molecular formula is C12H21N5OS. The fourth-order valence-corrected chi connectivity index (χ4v) is 3.56. The number of aromatic nitrogens is 3. The second-order valence-corrected chi connectivity index (χ2v) is 6.08. The lowest BCUT2D eigenvalue weighted by molar-refractivity contribution is 0.308. The summed E-state index contributed by atoms with van der Waals surface area (Å²) in [6.07, 6.45) is 5.04. The summed E-state index contributed by atoms with van der Waals surface area (Å²) >= 11 is 1.70. The average Bonchev–Trinajstić information content (AvgIpc) is 2.39. The van der Waals surface area contributed by atoms with Crippen LogP contribution in [0.25, 0.3) is 0 Å². The van der Waals surface area contributed by atoms with E-state index in [-0.39, 0.29) is 0 Å². The van der Waals surface area contributed by atoms with E-state index < -0.39 is 0 Å². The third-order valence-corrected chi connectivity index (χ3v) is 4.31. The van der Waals surface area contributed by atoms with Gasteiger partial charge in [0.2, 0.25) is 5.95 Å². The largest absolute Gasteiger partial charge is 0.464 e. The molecule has 19 heavy (non-hydrogen) atoms. The van der Waals surface area contributed by atoms with E-state index in [4.69, 9.17) is 10.6 Å². The quantitative estimate of drug-likeness (QED) is 0.633. The summed E-state index contributed by atoms with van der Waals surface area (Å²) in [5.74, 6) is 6.51. The molecule has 106 valence electrons. The third-order valence-electron chi connectivity index (χ3n) is 3.16. The Morgan fingerprint density at radius 2 is 2.21 bits per heavy atom. The molecule has 1 fully saturated rings. The van der Waals surface area contributed by atoms with Crippen LogP contribution in [0.5, 0.6) is 6.01 Å². The van der Waals surface area contributed by atoms with E-state index in [1.54, 1.807) is 11.8 Å². The molecule has 1 aromatic heterocycles. The van der Waals surface area contributed by atoms with Crippen molar-refractivity contribution in [1.29, 1.82) is 0 Å². The van der Waals surface area contributed by atoms with E-state index in [0.29, 0.717) is 29.0 Å². The van der Waals surface area contributed by atoms with Crippen molar-refractivity contribution in [3.8, 4) is 6.01 Å². The first-order chi connectivity index (χ1) is 9.21. The zero-order valence-corrected chi connectivity index (χ0v) is 12.2. The van der Waals surface area contributed by atoms with Gasteiger partial charge in [-0.2, -0.15) is 15.0 Å². The molecule has 7 heteroatoms. The maximum atomic E-state index is 5.37. The van der Waals surface area contributed by atoms with Gasteiger partial charge in [0.1, 0.15) is 0 Å². The molecule has 2 rings (SSSR count). The number of hydrazine groups is 1. The van der Waals surface area contributed by atoms with Gasteiger partial charge in [-0.1, -0.05) is 31.5 Å². The number of ether oxygens (including phenoxy) is 1. The lowest BCUT2D eigenvalue weighted by atomic mass is 9.91. The molecule has 0 spiro atoms. The van der Waals surface area contributed by atoms with Crippen LogP contribution >= 0.6 is 11.8 Å². The molecule has 0 bridgehead atoms. The van der Waals surface area contributed by atoms with Crippen LogP contribution in [0.1, 0.15) is 39.5 Å². The Hall–Kier alpha value is -1.08. The van der Waals surface area contributed by atoms with Gasteiger partial charge in [-0.25, -0.2) is 5.84 Å². The van der Waals surface area contributed by atoms with E-state index in [9.17, 15) is 0 Å². The van der Waals surface area contributed by atoms with Gasteiger partial charge in [-0.3, -0.25) is 5.43 Å². The molecule has 2 atom stereocenters. The van der Waals surface area contributed by atoms with Gasteiger partial charge in [0.15, 0.2) is 5.16 Å². The zero-order valence-electron chi connectivity index (χ0n) is 11.4. The Bertz CT molecular complexity index is 417. The van der Waals surface area contributed by atoms with Gasteiger partial charge in [-0.15, -0.1) is 0 Å². The average molecular weight is 283 g/mol. The van der Waals surface area contributed by atoms with Gasteiger partial charge in [-0.05, 0) is 25.7 Å². The first-order valence-corrected chi connectivity index (χ1v) is 7.61. The molecule has 1 aromatic rings. The van der Waals surface area contributed by atoms with Crippen molar-refractivity contribution in [2.24, 2.45) is 11.8 Å². The summed E-state index contributed by atoms with van der Waals surface area (Å²) in [6.45, 7) is 4.73. The van der Waals surface area contributed by atoms with Gasteiger partial charge in [0.05, 0.1) is 6.61 Å². The Morgan fingerprint density at radius 3 is 2.89 bits per heavy atom. The minimum Gasteiger partial charge on any atom is -0.464 e. The molecule has 3 N–H and O–H groups in total. The monoisotopic (exact) mass is 283 g/mol. The number of anilines is 1. The molecule has 1 heterocycles. The molecule has 0 saturated heterocycles. The van der Waals surface area contributed by atoms with Crippen molar-refractivity contribution in [2.45, 2.75) is 49.9 Å². The first-order valence-electron chi connectivity index (χ1n) is 6.73. The van der Waals surface area contributed by atoms with Crippen LogP contribution in [0, 0.1) is 5.92 Å². The highest BCUT2D eigenvalue weighted by Gasteiger charge is 2.21. The number of nitrogen functional groups attached to an aromatic ring is 1. The number of hydrogen-bond acceptors (Lipinski definition) is 7. The predicted molar refractivity (Wildman–Crippen MR) is 76.1 cm³/mol. The van der Waals surface area contributed by atoms with Crippen molar-refractivity contribution in [2.75, 3.05) is 12.0 Å². The number of thioether (sulfide) groups is 1. The molecular weight excluding hydrogens is 262 g/mol. The molecule has 1 aliphatic rings. The Balaban J connectivity index is 2.07. The van der Waals surface area contributed by atoms with Crippen LogP contribution in [-0.4, -0.2) is 26.8 Å². The molecule has 0 aliphatic heterocycles. The van der Waals surface area contributed by atoms with Crippen molar-refractivity contribution in [1.82, 2.24) is 15.0 Å². The zero-order chi connectivity index (χ0) is 13.7. The third kappa shape index (κ3) is 4.21. The summed E-state index contributed by atoms with van der Waals surface area (Å²) in [5, 5.41) is 1.26. The minimum absolute atomic E-state index is 0.330. The van der Waals surface area contributed by atoms with Crippen molar-refractivity contribution >= 4 is 17.7 Å². The fraction of sp³-hybridized carbons (Fsp3) is 0.750. The summed E-state index contributed by atoms with van der Waals surface area (Å²) in [5.41, 5.74) is 2.46. The number of nitrogens with zero attached hydrogens (tertiary/aromatic N) is 3. The van der Waals surface area contributed by atoms with E-state index >= 15 is 0 Å². The maximum Gasteiger partial charge on any atom is 0.322 e.